The summed E-state index contributed by atoms with van der Waals surface area (Å²) in [7, 11) is 1.59. The lowest BCUT2D eigenvalue weighted by Crippen LogP contribution is -2.42. The van der Waals surface area contributed by atoms with Crippen LogP contribution in [0.3, 0.4) is 0 Å². The number of imide groups is 1. The summed E-state index contributed by atoms with van der Waals surface area (Å²) < 4.78 is 10.8. The highest BCUT2D eigenvalue weighted by Gasteiger charge is 2.29. The van der Waals surface area contributed by atoms with Gasteiger partial charge in [-0.3, -0.25) is 14.5 Å². The van der Waals surface area contributed by atoms with E-state index in [2.05, 4.69) is 10.6 Å². The van der Waals surface area contributed by atoms with E-state index in [-0.39, 0.29) is 36.0 Å². The fourth-order valence-corrected chi connectivity index (χ4v) is 3.16. The lowest BCUT2D eigenvalue weighted by Gasteiger charge is -2.14. The van der Waals surface area contributed by atoms with Gasteiger partial charge < -0.3 is 20.1 Å². The maximum absolute atomic E-state index is 11.8. The molecule has 0 saturated carbocycles. The molecule has 142 valence electrons. The summed E-state index contributed by atoms with van der Waals surface area (Å²) in [6.07, 6.45) is 0.635. The number of nitrogens with one attached hydrogen (secondary N) is 2. The molecule has 4 amide bonds. The third-order valence-electron chi connectivity index (χ3n) is 3.69. The molecule has 0 radical (unpaired) electrons. The van der Waals surface area contributed by atoms with Crippen LogP contribution in [0.25, 0.3) is 0 Å². The van der Waals surface area contributed by atoms with Gasteiger partial charge >= 0.3 is 6.03 Å². The van der Waals surface area contributed by atoms with Gasteiger partial charge in [-0.15, -0.1) is 0 Å². The van der Waals surface area contributed by atoms with Crippen molar-refractivity contribution in [2.24, 2.45) is 0 Å². The molecule has 0 bridgehead atoms. The first kappa shape index (κ1) is 19.9. The van der Waals surface area contributed by atoms with Gasteiger partial charge in [0, 0.05) is 19.6 Å². The normalized spacial score (nSPS) is 13.7. The third-order valence-corrected chi connectivity index (χ3v) is 4.55. The second kappa shape index (κ2) is 9.91. The molecule has 0 aromatic heterocycles. The van der Waals surface area contributed by atoms with Crippen LogP contribution in [0.4, 0.5) is 9.59 Å². The molecular weight excluding hydrogens is 358 g/mol. The molecule has 1 aliphatic rings. The minimum atomic E-state index is -0.338. The fraction of sp³-hybridized carbons (Fsp3) is 0.471. The van der Waals surface area contributed by atoms with Crippen molar-refractivity contribution >= 4 is 28.9 Å². The van der Waals surface area contributed by atoms with Crippen LogP contribution >= 0.6 is 11.8 Å². The average Bonchev–Trinajstić information content (AvgIpc) is 2.95. The van der Waals surface area contributed by atoms with Crippen molar-refractivity contribution in [2.45, 2.75) is 13.3 Å². The molecule has 8 nitrogen and oxygen atoms in total. The molecule has 9 heteroatoms. The van der Waals surface area contributed by atoms with Crippen LogP contribution in [-0.4, -0.2) is 61.2 Å². The number of amides is 4. The quantitative estimate of drug-likeness (QED) is 0.675. The van der Waals surface area contributed by atoms with E-state index >= 15 is 0 Å². The molecule has 26 heavy (non-hydrogen) atoms. The Hall–Kier alpha value is -2.42. The van der Waals surface area contributed by atoms with Gasteiger partial charge in [0.25, 0.3) is 5.24 Å². The van der Waals surface area contributed by atoms with Crippen molar-refractivity contribution in [3.8, 4) is 11.5 Å². The van der Waals surface area contributed by atoms with Gasteiger partial charge in [0.15, 0.2) is 11.5 Å². The highest BCUT2D eigenvalue weighted by atomic mass is 32.2. The van der Waals surface area contributed by atoms with E-state index in [0.717, 1.165) is 22.2 Å². The van der Waals surface area contributed by atoms with E-state index in [4.69, 9.17) is 9.47 Å². The second-order valence-electron chi connectivity index (χ2n) is 5.45. The third kappa shape index (κ3) is 5.55. The van der Waals surface area contributed by atoms with Crippen LogP contribution in [0, 0.1) is 0 Å². The van der Waals surface area contributed by atoms with Gasteiger partial charge in [0.2, 0.25) is 5.91 Å². The smallest absolute Gasteiger partial charge is 0.314 e. The Morgan fingerprint density at radius 1 is 1.23 bits per heavy atom. The number of ether oxygens (including phenoxy) is 2. The van der Waals surface area contributed by atoms with Crippen LogP contribution in [0.15, 0.2) is 18.2 Å². The fourth-order valence-electron chi connectivity index (χ4n) is 2.40. The van der Waals surface area contributed by atoms with E-state index in [1.54, 1.807) is 7.11 Å². The van der Waals surface area contributed by atoms with Crippen molar-refractivity contribution < 1.29 is 23.9 Å². The number of carbonyl (C=O) groups is 3. The molecule has 1 aromatic rings. The highest BCUT2D eigenvalue weighted by molar-refractivity contribution is 8.14. The second-order valence-corrected chi connectivity index (χ2v) is 6.38. The number of hydrogen-bond donors (Lipinski definition) is 2. The highest BCUT2D eigenvalue weighted by Crippen LogP contribution is 2.28. The topological polar surface area (TPSA) is 97.0 Å². The standard InChI is InChI=1S/C17H23N3O5S/c1-3-25-13-5-4-12(10-14(13)24-2)6-7-18-16(22)19-8-9-20-15(21)11-26-17(20)23/h4-5,10H,3,6-9,11H2,1-2H3,(H2,18,19,22). The number of methoxy groups -OCH3 is 1. The SMILES string of the molecule is CCOc1ccc(CCNC(=O)NCCN2C(=O)CSC2=O)cc1OC. The van der Waals surface area contributed by atoms with Crippen LogP contribution in [0.2, 0.25) is 0 Å². The minimum Gasteiger partial charge on any atom is -0.493 e. The van der Waals surface area contributed by atoms with E-state index in [1.807, 2.05) is 25.1 Å². The molecule has 1 heterocycles. The molecule has 1 aromatic carbocycles. The molecule has 0 spiro atoms. The molecule has 1 fully saturated rings. The van der Waals surface area contributed by atoms with Crippen LogP contribution in [0.5, 0.6) is 11.5 Å². The van der Waals surface area contributed by atoms with E-state index in [9.17, 15) is 14.4 Å². The number of rotatable bonds is 9. The summed E-state index contributed by atoms with van der Waals surface area (Å²) >= 11 is 0.981. The summed E-state index contributed by atoms with van der Waals surface area (Å²) in [6.45, 7) is 3.32. The molecule has 1 aliphatic heterocycles. The summed E-state index contributed by atoms with van der Waals surface area (Å²) in [6, 6.07) is 5.32. The van der Waals surface area contributed by atoms with Gasteiger partial charge in [-0.1, -0.05) is 17.8 Å². The van der Waals surface area contributed by atoms with Gasteiger partial charge in [0.1, 0.15) is 0 Å². The van der Waals surface area contributed by atoms with Crippen molar-refractivity contribution in [1.29, 1.82) is 0 Å². The summed E-state index contributed by atoms with van der Waals surface area (Å²) in [4.78, 5) is 35.8. The van der Waals surface area contributed by atoms with E-state index in [1.165, 1.54) is 0 Å². The first-order chi connectivity index (χ1) is 12.5. The van der Waals surface area contributed by atoms with Gasteiger partial charge in [-0.2, -0.15) is 0 Å². The Balaban J connectivity index is 1.69. The molecular formula is C17H23N3O5S. The predicted molar refractivity (Wildman–Crippen MR) is 98.8 cm³/mol. The number of benzene rings is 1. The first-order valence-corrected chi connectivity index (χ1v) is 9.32. The minimum absolute atomic E-state index is 0.177. The zero-order chi connectivity index (χ0) is 18.9. The lowest BCUT2D eigenvalue weighted by molar-refractivity contribution is -0.124. The van der Waals surface area contributed by atoms with Crippen molar-refractivity contribution in [2.75, 3.05) is 39.1 Å². The Bertz CT molecular complexity index is 652. The molecule has 1 saturated heterocycles. The lowest BCUT2D eigenvalue weighted by atomic mass is 10.1. The van der Waals surface area contributed by atoms with Crippen LogP contribution in [0.1, 0.15) is 12.5 Å². The van der Waals surface area contributed by atoms with Crippen LogP contribution in [-0.2, 0) is 11.2 Å². The average molecular weight is 381 g/mol. The van der Waals surface area contributed by atoms with Gasteiger partial charge in [-0.05, 0) is 31.0 Å². The van der Waals surface area contributed by atoms with E-state index in [0.29, 0.717) is 31.1 Å². The molecule has 0 atom stereocenters. The molecule has 0 unspecified atom stereocenters. The monoisotopic (exact) mass is 381 g/mol. The number of hydrogen-bond acceptors (Lipinski definition) is 6. The number of nitrogens with zero attached hydrogens (tertiary/aromatic N) is 1. The number of thioether (sulfide) groups is 1. The Morgan fingerprint density at radius 3 is 2.65 bits per heavy atom. The first-order valence-electron chi connectivity index (χ1n) is 8.33. The van der Waals surface area contributed by atoms with Crippen molar-refractivity contribution in [1.82, 2.24) is 15.5 Å². The summed E-state index contributed by atoms with van der Waals surface area (Å²) in [5.74, 6) is 1.31. The van der Waals surface area contributed by atoms with E-state index < -0.39 is 0 Å². The summed E-state index contributed by atoms with van der Waals surface area (Å²) in [5.41, 5.74) is 1.01. The Kier molecular flexibility index (Phi) is 7.58. The van der Waals surface area contributed by atoms with Crippen molar-refractivity contribution in [3.63, 3.8) is 0 Å². The largest absolute Gasteiger partial charge is 0.493 e. The van der Waals surface area contributed by atoms with Gasteiger partial charge in [-0.25, -0.2) is 4.79 Å². The maximum atomic E-state index is 11.8. The zero-order valence-corrected chi connectivity index (χ0v) is 15.7. The maximum Gasteiger partial charge on any atom is 0.314 e. The number of urea groups is 1. The summed E-state index contributed by atoms with van der Waals surface area (Å²) in [5, 5.41) is 5.11. The molecule has 2 rings (SSSR count). The number of carbonyl (C=O) groups excluding carboxylic acids is 3. The van der Waals surface area contributed by atoms with Crippen LogP contribution < -0.4 is 20.1 Å². The zero-order valence-electron chi connectivity index (χ0n) is 14.9. The molecule has 2 N–H and O–H groups in total. The molecule has 0 aliphatic carbocycles. The predicted octanol–water partition coefficient (Wildman–Crippen LogP) is 1.63. The van der Waals surface area contributed by atoms with Crippen molar-refractivity contribution in [3.05, 3.63) is 23.8 Å². The Morgan fingerprint density at radius 2 is 2.00 bits per heavy atom. The Labute approximate surface area is 156 Å². The van der Waals surface area contributed by atoms with Gasteiger partial charge in [0.05, 0.1) is 19.5 Å².